The summed E-state index contributed by atoms with van der Waals surface area (Å²) in [6, 6.07) is 26.0. The number of hydrogen-bond acceptors (Lipinski definition) is 2. The second-order valence-electron chi connectivity index (χ2n) is 5.28. The summed E-state index contributed by atoms with van der Waals surface area (Å²) in [4.78, 5) is 0. The smallest absolute Gasteiger partial charge is 0.119 e. The van der Waals surface area contributed by atoms with Crippen molar-refractivity contribution < 1.29 is 4.74 Å². The molecule has 0 spiro atoms. The van der Waals surface area contributed by atoms with Gasteiger partial charge in [-0.3, -0.25) is 0 Å². The maximum absolute atomic E-state index is 5.89. The van der Waals surface area contributed by atoms with Crippen molar-refractivity contribution in [3.05, 3.63) is 95.0 Å². The molecule has 0 unspecified atom stereocenters. The molecule has 0 radical (unpaired) electrons. The van der Waals surface area contributed by atoms with Crippen molar-refractivity contribution in [2.75, 3.05) is 5.32 Å². The lowest BCUT2D eigenvalue weighted by atomic mass is 10.2. The summed E-state index contributed by atoms with van der Waals surface area (Å²) in [5.41, 5.74) is 3.42. The number of nitrogens with one attached hydrogen (secondary N) is 1. The minimum Gasteiger partial charge on any atom is -0.489 e. The number of anilines is 1. The second-order valence-corrected chi connectivity index (χ2v) is 5.72. The molecule has 0 saturated carbocycles. The van der Waals surface area contributed by atoms with E-state index in [9.17, 15) is 0 Å². The van der Waals surface area contributed by atoms with Crippen LogP contribution in [0.4, 0.5) is 5.69 Å². The van der Waals surface area contributed by atoms with Gasteiger partial charge in [0, 0.05) is 17.3 Å². The summed E-state index contributed by atoms with van der Waals surface area (Å²) in [5.74, 6) is 0.867. The first-order valence-corrected chi connectivity index (χ1v) is 7.92. The number of ether oxygens (including phenoxy) is 1. The monoisotopic (exact) mass is 323 g/mol. The molecule has 0 aliphatic heterocycles. The van der Waals surface area contributed by atoms with Crippen LogP contribution >= 0.6 is 11.6 Å². The third-order valence-corrected chi connectivity index (χ3v) is 3.76. The summed E-state index contributed by atoms with van der Waals surface area (Å²) in [5, 5.41) is 4.14. The van der Waals surface area contributed by atoms with Crippen molar-refractivity contribution in [3.8, 4) is 5.75 Å². The van der Waals surface area contributed by atoms with Crippen LogP contribution in [0, 0.1) is 0 Å². The zero-order valence-corrected chi connectivity index (χ0v) is 13.5. The molecule has 23 heavy (non-hydrogen) atoms. The van der Waals surface area contributed by atoms with E-state index in [1.165, 1.54) is 5.56 Å². The Labute approximate surface area is 141 Å². The van der Waals surface area contributed by atoms with E-state index in [1.54, 1.807) is 0 Å². The fourth-order valence-electron chi connectivity index (χ4n) is 2.22. The maximum atomic E-state index is 5.89. The van der Waals surface area contributed by atoms with Crippen molar-refractivity contribution in [1.29, 1.82) is 0 Å². The highest BCUT2D eigenvalue weighted by atomic mass is 35.5. The van der Waals surface area contributed by atoms with Crippen molar-refractivity contribution >= 4 is 17.3 Å². The van der Waals surface area contributed by atoms with Gasteiger partial charge in [-0.2, -0.15) is 0 Å². The lowest BCUT2D eigenvalue weighted by Gasteiger charge is -2.09. The molecule has 116 valence electrons. The van der Waals surface area contributed by atoms with Gasteiger partial charge in [0.1, 0.15) is 12.4 Å². The molecular weight excluding hydrogens is 306 g/mol. The molecular formula is C20H18ClNO. The maximum Gasteiger partial charge on any atom is 0.119 e. The molecule has 2 nitrogen and oxygen atoms in total. The third kappa shape index (κ3) is 4.76. The van der Waals surface area contributed by atoms with Crippen LogP contribution in [0.5, 0.6) is 5.75 Å². The van der Waals surface area contributed by atoms with Crippen molar-refractivity contribution in [2.24, 2.45) is 0 Å². The summed E-state index contributed by atoms with van der Waals surface area (Å²) >= 11 is 5.89. The third-order valence-electron chi connectivity index (χ3n) is 3.51. The molecule has 3 aromatic carbocycles. The van der Waals surface area contributed by atoms with Crippen molar-refractivity contribution in [3.63, 3.8) is 0 Å². The van der Waals surface area contributed by atoms with Gasteiger partial charge in [0.25, 0.3) is 0 Å². The minimum atomic E-state index is 0.582. The lowest BCUT2D eigenvalue weighted by Crippen LogP contribution is -1.99. The predicted molar refractivity (Wildman–Crippen MR) is 96.0 cm³/mol. The molecule has 0 heterocycles. The molecule has 0 fully saturated rings. The van der Waals surface area contributed by atoms with E-state index in [0.717, 1.165) is 28.6 Å². The highest BCUT2D eigenvalue weighted by Gasteiger charge is 1.98. The molecule has 3 rings (SSSR count). The van der Waals surface area contributed by atoms with Gasteiger partial charge in [-0.05, 0) is 47.5 Å². The van der Waals surface area contributed by atoms with Gasteiger partial charge in [-0.25, -0.2) is 0 Å². The minimum absolute atomic E-state index is 0.582. The van der Waals surface area contributed by atoms with Crippen LogP contribution in [0.25, 0.3) is 0 Å². The second kappa shape index (κ2) is 7.70. The zero-order chi connectivity index (χ0) is 15.9. The first kappa shape index (κ1) is 15.4. The van der Waals surface area contributed by atoms with Gasteiger partial charge < -0.3 is 10.1 Å². The van der Waals surface area contributed by atoms with Gasteiger partial charge in [-0.15, -0.1) is 0 Å². The summed E-state index contributed by atoms with van der Waals surface area (Å²) in [7, 11) is 0. The van der Waals surface area contributed by atoms with Crippen LogP contribution in [0.2, 0.25) is 5.02 Å². The Morgan fingerprint density at radius 2 is 1.43 bits per heavy atom. The zero-order valence-electron chi connectivity index (χ0n) is 12.7. The lowest BCUT2D eigenvalue weighted by molar-refractivity contribution is 0.306. The van der Waals surface area contributed by atoms with Gasteiger partial charge in [0.15, 0.2) is 0 Å². The molecule has 3 aromatic rings. The Bertz CT molecular complexity index is 724. The Balaban J connectivity index is 1.51. The van der Waals surface area contributed by atoms with E-state index in [1.807, 2.05) is 66.7 Å². The van der Waals surface area contributed by atoms with Crippen LogP contribution in [0.1, 0.15) is 11.1 Å². The van der Waals surface area contributed by atoms with Gasteiger partial charge in [0.05, 0.1) is 0 Å². The molecule has 0 bridgehead atoms. The average molecular weight is 324 g/mol. The van der Waals surface area contributed by atoms with E-state index in [-0.39, 0.29) is 0 Å². The SMILES string of the molecule is Clc1ccc(CNc2ccc(OCc3ccccc3)cc2)cc1. The first-order chi connectivity index (χ1) is 11.3. The van der Waals surface area contributed by atoms with E-state index in [4.69, 9.17) is 16.3 Å². The summed E-state index contributed by atoms with van der Waals surface area (Å²) in [6.45, 7) is 1.35. The number of rotatable bonds is 6. The molecule has 3 heteroatoms. The van der Waals surface area contributed by atoms with Crippen molar-refractivity contribution in [2.45, 2.75) is 13.2 Å². The van der Waals surface area contributed by atoms with Gasteiger partial charge >= 0.3 is 0 Å². The predicted octanol–water partition coefficient (Wildman–Crippen LogP) is 5.53. The highest BCUT2D eigenvalue weighted by Crippen LogP contribution is 2.18. The van der Waals surface area contributed by atoms with Gasteiger partial charge in [-0.1, -0.05) is 54.1 Å². The van der Waals surface area contributed by atoms with Crippen molar-refractivity contribution in [1.82, 2.24) is 0 Å². The molecule has 0 amide bonds. The number of benzene rings is 3. The molecule has 1 N–H and O–H groups in total. The fourth-order valence-corrected chi connectivity index (χ4v) is 2.34. The van der Waals surface area contributed by atoms with Crippen LogP contribution in [-0.4, -0.2) is 0 Å². The van der Waals surface area contributed by atoms with Crippen LogP contribution in [0.3, 0.4) is 0 Å². The number of hydrogen-bond donors (Lipinski definition) is 1. The van der Waals surface area contributed by atoms with E-state index in [0.29, 0.717) is 6.61 Å². The summed E-state index contributed by atoms with van der Waals surface area (Å²) < 4.78 is 5.78. The Kier molecular flexibility index (Phi) is 5.17. The van der Waals surface area contributed by atoms with E-state index < -0.39 is 0 Å². The Hall–Kier alpha value is -2.45. The van der Waals surface area contributed by atoms with E-state index >= 15 is 0 Å². The van der Waals surface area contributed by atoms with E-state index in [2.05, 4.69) is 17.4 Å². The van der Waals surface area contributed by atoms with Crippen LogP contribution in [0.15, 0.2) is 78.9 Å². The quantitative estimate of drug-likeness (QED) is 0.644. The fraction of sp³-hybridized carbons (Fsp3) is 0.100. The summed E-state index contributed by atoms with van der Waals surface area (Å²) in [6.07, 6.45) is 0. The molecule has 0 aromatic heterocycles. The number of halogens is 1. The standard InChI is InChI=1S/C20H18ClNO/c21-18-8-6-16(7-9-18)14-22-19-10-12-20(13-11-19)23-15-17-4-2-1-3-5-17/h1-13,22H,14-15H2. The van der Waals surface area contributed by atoms with Crippen LogP contribution in [-0.2, 0) is 13.2 Å². The van der Waals surface area contributed by atoms with Gasteiger partial charge in [0.2, 0.25) is 0 Å². The average Bonchev–Trinajstić information content (AvgIpc) is 2.61. The van der Waals surface area contributed by atoms with Crippen LogP contribution < -0.4 is 10.1 Å². The topological polar surface area (TPSA) is 21.3 Å². The normalized spacial score (nSPS) is 10.3. The first-order valence-electron chi connectivity index (χ1n) is 7.55. The molecule has 0 saturated heterocycles. The molecule has 0 aliphatic carbocycles. The molecule has 0 atom stereocenters. The Morgan fingerprint density at radius 1 is 0.739 bits per heavy atom. The highest BCUT2D eigenvalue weighted by molar-refractivity contribution is 6.30. The molecule has 0 aliphatic rings. The largest absolute Gasteiger partial charge is 0.489 e. The Morgan fingerprint density at radius 3 is 2.13 bits per heavy atom.